The summed E-state index contributed by atoms with van der Waals surface area (Å²) in [5, 5.41) is 17.0. The summed E-state index contributed by atoms with van der Waals surface area (Å²) in [6, 6.07) is 7.39. The molecule has 0 saturated carbocycles. The fourth-order valence-corrected chi connectivity index (χ4v) is 3.20. The first-order valence-electron chi connectivity index (χ1n) is 7.53. The second-order valence-electron chi connectivity index (χ2n) is 5.73. The van der Waals surface area contributed by atoms with E-state index in [1.807, 2.05) is 0 Å². The molecule has 2 N–H and O–H groups in total. The molecule has 0 fully saturated rings. The Labute approximate surface area is 160 Å². The zero-order valence-corrected chi connectivity index (χ0v) is 14.8. The fraction of sp³-hybridized carbons (Fsp3) is 0.0588. The molecule has 12 heteroatoms. The van der Waals surface area contributed by atoms with Crippen LogP contribution >= 0.6 is 0 Å². The summed E-state index contributed by atoms with van der Waals surface area (Å²) in [4.78, 5) is -1.23. The number of hydrogen-bond donors (Lipinski definition) is 1. The topological polar surface area (TPSA) is 110 Å². The van der Waals surface area contributed by atoms with E-state index in [0.29, 0.717) is 0 Å². The van der Waals surface area contributed by atoms with Crippen molar-refractivity contribution in [1.29, 1.82) is 5.26 Å². The minimum atomic E-state index is -5.13. The Bertz CT molecular complexity index is 1260. The van der Waals surface area contributed by atoms with E-state index in [1.54, 1.807) is 6.07 Å². The molecule has 6 nitrogen and oxygen atoms in total. The first-order valence-corrected chi connectivity index (χ1v) is 9.07. The Morgan fingerprint density at radius 1 is 1.10 bits per heavy atom. The maximum atomic E-state index is 14.6. The van der Waals surface area contributed by atoms with E-state index in [0.717, 1.165) is 0 Å². The third-order valence-corrected chi connectivity index (χ3v) is 4.74. The van der Waals surface area contributed by atoms with Gasteiger partial charge in [0, 0.05) is 11.1 Å². The van der Waals surface area contributed by atoms with Crippen molar-refractivity contribution in [3.05, 3.63) is 59.4 Å². The summed E-state index contributed by atoms with van der Waals surface area (Å²) in [6.07, 6.45) is -5.13. The van der Waals surface area contributed by atoms with Crippen LogP contribution in [0.25, 0.3) is 22.4 Å². The SMILES string of the molecule is N#Cc1cccc(-c2noc(C(F)(F)F)c2-c2cc(F)c(S(N)(=O)=O)cc2F)c1. The van der Waals surface area contributed by atoms with Gasteiger partial charge in [-0.2, -0.15) is 18.4 Å². The number of aromatic nitrogens is 1. The molecule has 1 heterocycles. The number of primary sulfonamides is 1. The Hall–Kier alpha value is -3.30. The van der Waals surface area contributed by atoms with Gasteiger partial charge in [0.05, 0.1) is 17.2 Å². The van der Waals surface area contributed by atoms with Crippen molar-refractivity contribution >= 4 is 10.0 Å². The van der Waals surface area contributed by atoms with Gasteiger partial charge in [0.25, 0.3) is 0 Å². The maximum Gasteiger partial charge on any atom is 0.453 e. The van der Waals surface area contributed by atoms with E-state index in [-0.39, 0.29) is 23.3 Å². The average molecular weight is 429 g/mol. The monoisotopic (exact) mass is 429 g/mol. The quantitative estimate of drug-likeness (QED) is 0.637. The molecule has 0 aliphatic rings. The largest absolute Gasteiger partial charge is 0.453 e. The zero-order chi connectivity index (χ0) is 21.6. The van der Waals surface area contributed by atoms with Crippen molar-refractivity contribution in [3.63, 3.8) is 0 Å². The molecule has 0 atom stereocenters. The van der Waals surface area contributed by atoms with E-state index in [2.05, 4.69) is 9.68 Å². The lowest BCUT2D eigenvalue weighted by atomic mass is 9.97. The van der Waals surface area contributed by atoms with Crippen LogP contribution in [0.3, 0.4) is 0 Å². The van der Waals surface area contributed by atoms with Crippen molar-refractivity contribution in [2.24, 2.45) is 5.14 Å². The third-order valence-electron chi connectivity index (χ3n) is 3.81. The van der Waals surface area contributed by atoms with Crippen LogP contribution in [0.5, 0.6) is 0 Å². The molecular weight excluding hydrogens is 421 g/mol. The van der Waals surface area contributed by atoms with Gasteiger partial charge in [-0.1, -0.05) is 17.3 Å². The lowest BCUT2D eigenvalue weighted by molar-refractivity contribution is -0.154. The Balaban J connectivity index is 2.36. The highest BCUT2D eigenvalue weighted by Crippen LogP contribution is 2.44. The molecule has 0 spiro atoms. The van der Waals surface area contributed by atoms with Crippen molar-refractivity contribution in [2.45, 2.75) is 11.1 Å². The first-order chi connectivity index (χ1) is 13.4. The fourth-order valence-electron chi connectivity index (χ4n) is 2.60. The normalized spacial score (nSPS) is 12.0. The van der Waals surface area contributed by atoms with Gasteiger partial charge in [-0.15, -0.1) is 0 Å². The van der Waals surface area contributed by atoms with E-state index < -0.39 is 55.3 Å². The van der Waals surface area contributed by atoms with Crippen LogP contribution in [0.15, 0.2) is 45.8 Å². The Morgan fingerprint density at radius 2 is 1.79 bits per heavy atom. The molecule has 0 aliphatic carbocycles. The van der Waals surface area contributed by atoms with Crippen molar-refractivity contribution in [3.8, 4) is 28.5 Å². The molecule has 3 rings (SSSR count). The highest BCUT2D eigenvalue weighted by Gasteiger charge is 2.42. The van der Waals surface area contributed by atoms with Crippen LogP contribution in [-0.4, -0.2) is 13.6 Å². The number of hydrogen-bond acceptors (Lipinski definition) is 5. The number of sulfonamides is 1. The molecule has 0 amide bonds. The minimum absolute atomic E-state index is 0.0337. The molecule has 0 unspecified atom stereocenters. The van der Waals surface area contributed by atoms with Gasteiger partial charge in [0.2, 0.25) is 15.8 Å². The van der Waals surface area contributed by atoms with Gasteiger partial charge in [-0.25, -0.2) is 22.3 Å². The predicted octanol–water partition coefficient (Wildman–Crippen LogP) is 3.82. The lowest BCUT2D eigenvalue weighted by Crippen LogP contribution is -2.15. The van der Waals surface area contributed by atoms with Crippen LogP contribution in [0.4, 0.5) is 22.0 Å². The summed E-state index contributed by atoms with van der Waals surface area (Å²) in [6.45, 7) is 0. The summed E-state index contributed by atoms with van der Waals surface area (Å²) in [5.41, 5.74) is -2.38. The zero-order valence-electron chi connectivity index (χ0n) is 14.0. The number of halogens is 5. The number of alkyl halides is 3. The molecule has 0 saturated heterocycles. The Morgan fingerprint density at radius 3 is 2.38 bits per heavy atom. The van der Waals surface area contributed by atoms with Crippen LogP contribution < -0.4 is 5.14 Å². The molecule has 3 aromatic rings. The van der Waals surface area contributed by atoms with Crippen molar-refractivity contribution in [2.75, 3.05) is 0 Å². The highest BCUT2D eigenvalue weighted by molar-refractivity contribution is 7.89. The first kappa shape index (κ1) is 20.4. The van der Waals surface area contributed by atoms with Crippen LogP contribution in [0, 0.1) is 23.0 Å². The molecule has 1 aromatic heterocycles. The standard InChI is InChI=1S/C17H8F5N3O3S/c18-11-6-13(29(24,26)27)12(19)5-10(11)14-15(25-28-16(14)17(20,21)22)9-3-1-2-8(4-9)7-23/h1-6H,(H2,24,26,27). The number of nitriles is 1. The highest BCUT2D eigenvalue weighted by atomic mass is 32.2. The Kier molecular flexibility index (Phi) is 4.89. The van der Waals surface area contributed by atoms with Gasteiger partial charge in [-0.3, -0.25) is 0 Å². The molecule has 0 bridgehead atoms. The molecular formula is C17H8F5N3O3S. The maximum absolute atomic E-state index is 14.6. The number of benzene rings is 2. The van der Waals surface area contributed by atoms with Crippen LogP contribution in [-0.2, 0) is 16.2 Å². The third kappa shape index (κ3) is 3.82. The minimum Gasteiger partial charge on any atom is -0.350 e. The number of nitrogens with two attached hydrogens (primary N) is 1. The second-order valence-corrected chi connectivity index (χ2v) is 7.26. The smallest absolute Gasteiger partial charge is 0.350 e. The summed E-state index contributed by atoms with van der Waals surface area (Å²) >= 11 is 0. The summed E-state index contributed by atoms with van der Waals surface area (Å²) < 4.78 is 95.9. The number of nitrogens with zero attached hydrogens (tertiary/aromatic N) is 2. The predicted molar refractivity (Wildman–Crippen MR) is 88.4 cm³/mol. The summed E-state index contributed by atoms with van der Waals surface area (Å²) in [7, 11) is -4.66. The van der Waals surface area contributed by atoms with E-state index in [9.17, 15) is 30.4 Å². The molecule has 0 aliphatic heterocycles. The second kappa shape index (κ2) is 6.94. The number of rotatable bonds is 3. The van der Waals surface area contributed by atoms with Gasteiger partial charge >= 0.3 is 6.18 Å². The average Bonchev–Trinajstić information content (AvgIpc) is 3.07. The van der Waals surface area contributed by atoms with Gasteiger partial charge in [0.1, 0.15) is 22.2 Å². The summed E-state index contributed by atoms with van der Waals surface area (Å²) in [5.74, 6) is -4.78. The lowest BCUT2D eigenvalue weighted by Gasteiger charge is -2.10. The molecule has 0 radical (unpaired) electrons. The van der Waals surface area contributed by atoms with Gasteiger partial charge in [0.15, 0.2) is 0 Å². The molecule has 150 valence electrons. The van der Waals surface area contributed by atoms with Crippen molar-refractivity contribution < 1.29 is 34.9 Å². The molecule has 29 heavy (non-hydrogen) atoms. The van der Waals surface area contributed by atoms with Crippen LogP contribution in [0.2, 0.25) is 0 Å². The van der Waals surface area contributed by atoms with E-state index in [4.69, 9.17) is 10.4 Å². The van der Waals surface area contributed by atoms with Crippen molar-refractivity contribution in [1.82, 2.24) is 5.16 Å². The van der Waals surface area contributed by atoms with E-state index in [1.165, 1.54) is 24.3 Å². The van der Waals surface area contributed by atoms with Gasteiger partial charge in [-0.05, 0) is 24.3 Å². The molecule has 2 aromatic carbocycles. The van der Waals surface area contributed by atoms with E-state index >= 15 is 0 Å². The van der Waals surface area contributed by atoms with Crippen LogP contribution in [0.1, 0.15) is 11.3 Å². The van der Waals surface area contributed by atoms with Gasteiger partial charge < -0.3 is 4.52 Å².